The van der Waals surface area contributed by atoms with E-state index in [4.69, 9.17) is 0 Å². The van der Waals surface area contributed by atoms with Crippen molar-refractivity contribution in [3.05, 3.63) is 67.7 Å². The number of halogens is 2. The first-order valence-electron chi connectivity index (χ1n) is 5.68. The topological polar surface area (TPSA) is 58.2 Å². The van der Waals surface area contributed by atoms with Gasteiger partial charge in [-0.05, 0) is 68.9 Å². The highest BCUT2D eigenvalue weighted by Crippen LogP contribution is 2.15. The van der Waals surface area contributed by atoms with Gasteiger partial charge in [0.1, 0.15) is 0 Å². The number of hydrogen-bond acceptors (Lipinski definition) is 2. The molecule has 0 bridgehead atoms. The van der Waals surface area contributed by atoms with Crippen LogP contribution < -0.4 is 10.9 Å². The zero-order chi connectivity index (χ0) is 14.5. The number of hydrazine groups is 1. The minimum absolute atomic E-state index is 0.357. The molecular formula is C14H10BrIN2O2. The monoisotopic (exact) mass is 444 g/mol. The van der Waals surface area contributed by atoms with Crippen molar-refractivity contribution in [2.75, 3.05) is 0 Å². The Morgan fingerprint density at radius 1 is 0.950 bits per heavy atom. The van der Waals surface area contributed by atoms with Crippen molar-refractivity contribution in [3.8, 4) is 0 Å². The molecule has 2 N–H and O–H groups in total. The molecule has 6 heteroatoms. The Morgan fingerprint density at radius 2 is 1.65 bits per heavy atom. The summed E-state index contributed by atoms with van der Waals surface area (Å²) >= 11 is 5.40. The van der Waals surface area contributed by atoms with Crippen molar-refractivity contribution >= 4 is 50.3 Å². The third kappa shape index (κ3) is 3.80. The Morgan fingerprint density at radius 3 is 2.35 bits per heavy atom. The number of rotatable bonds is 2. The quantitative estimate of drug-likeness (QED) is 0.552. The van der Waals surface area contributed by atoms with E-state index >= 15 is 0 Å². The highest BCUT2D eigenvalue weighted by atomic mass is 127. The molecule has 2 amide bonds. The van der Waals surface area contributed by atoms with E-state index in [2.05, 4.69) is 49.4 Å². The van der Waals surface area contributed by atoms with Crippen LogP contribution in [-0.4, -0.2) is 11.8 Å². The zero-order valence-corrected chi connectivity index (χ0v) is 13.9. The average molecular weight is 445 g/mol. The first-order valence-corrected chi connectivity index (χ1v) is 7.56. The molecule has 4 nitrogen and oxygen atoms in total. The Labute approximate surface area is 138 Å². The number of hydrogen-bond donors (Lipinski definition) is 2. The van der Waals surface area contributed by atoms with Crippen LogP contribution in [0.25, 0.3) is 0 Å². The van der Waals surface area contributed by atoms with E-state index in [0.29, 0.717) is 15.6 Å². The lowest BCUT2D eigenvalue weighted by Crippen LogP contribution is -2.41. The van der Waals surface area contributed by atoms with Gasteiger partial charge < -0.3 is 0 Å². The predicted octanol–water partition coefficient (Wildman–Crippen LogP) is 3.13. The molecule has 0 fully saturated rings. The van der Waals surface area contributed by atoms with Gasteiger partial charge in [0.05, 0.1) is 5.56 Å². The van der Waals surface area contributed by atoms with Crippen molar-refractivity contribution in [1.82, 2.24) is 10.9 Å². The summed E-state index contributed by atoms with van der Waals surface area (Å²) in [5.41, 5.74) is 5.72. The van der Waals surface area contributed by atoms with E-state index in [-0.39, 0.29) is 11.8 Å². The van der Waals surface area contributed by atoms with Crippen LogP contribution in [0.15, 0.2) is 53.0 Å². The van der Waals surface area contributed by atoms with Crippen LogP contribution in [-0.2, 0) is 0 Å². The molecule has 0 saturated heterocycles. The maximum absolute atomic E-state index is 11.9. The van der Waals surface area contributed by atoms with Crippen molar-refractivity contribution in [2.45, 2.75) is 0 Å². The minimum Gasteiger partial charge on any atom is -0.267 e. The lowest BCUT2D eigenvalue weighted by Gasteiger charge is -2.08. The van der Waals surface area contributed by atoms with Gasteiger partial charge in [-0.2, -0.15) is 0 Å². The van der Waals surface area contributed by atoms with Gasteiger partial charge in [0.2, 0.25) is 0 Å². The maximum atomic E-state index is 11.9. The third-order valence-electron chi connectivity index (χ3n) is 2.49. The molecule has 2 rings (SSSR count). The molecule has 0 atom stereocenters. The van der Waals surface area contributed by atoms with Gasteiger partial charge in [-0.1, -0.05) is 18.2 Å². The molecule has 2 aromatic rings. The number of nitrogens with one attached hydrogen (secondary N) is 2. The summed E-state index contributed by atoms with van der Waals surface area (Å²) < 4.78 is 1.62. The van der Waals surface area contributed by atoms with Crippen LogP contribution in [0.1, 0.15) is 20.7 Å². The van der Waals surface area contributed by atoms with Crippen LogP contribution in [0.2, 0.25) is 0 Å². The van der Waals surface area contributed by atoms with Crippen molar-refractivity contribution in [2.24, 2.45) is 0 Å². The van der Waals surface area contributed by atoms with E-state index in [1.165, 1.54) is 0 Å². The van der Waals surface area contributed by atoms with Gasteiger partial charge >= 0.3 is 0 Å². The molecule has 0 aliphatic rings. The lowest BCUT2D eigenvalue weighted by molar-refractivity contribution is 0.0846. The predicted molar refractivity (Wildman–Crippen MR) is 88.2 cm³/mol. The second-order valence-electron chi connectivity index (χ2n) is 3.90. The van der Waals surface area contributed by atoms with E-state index in [9.17, 15) is 9.59 Å². The molecule has 0 unspecified atom stereocenters. The summed E-state index contributed by atoms with van der Waals surface area (Å²) in [6.07, 6.45) is 0. The van der Waals surface area contributed by atoms with Gasteiger partial charge in [0, 0.05) is 13.6 Å². The second kappa shape index (κ2) is 6.85. The fraction of sp³-hybridized carbons (Fsp3) is 0. The van der Waals surface area contributed by atoms with Gasteiger partial charge in [-0.15, -0.1) is 0 Å². The van der Waals surface area contributed by atoms with Gasteiger partial charge in [-0.25, -0.2) is 0 Å². The summed E-state index contributed by atoms with van der Waals surface area (Å²) in [6.45, 7) is 0. The van der Waals surface area contributed by atoms with Crippen molar-refractivity contribution < 1.29 is 9.59 Å². The molecule has 0 aliphatic heterocycles. The van der Waals surface area contributed by atoms with Crippen molar-refractivity contribution in [1.29, 1.82) is 0 Å². The maximum Gasteiger partial charge on any atom is 0.270 e. The van der Waals surface area contributed by atoms with Crippen LogP contribution in [0, 0.1) is 3.57 Å². The number of carbonyl (C=O) groups excluding carboxylic acids is 2. The van der Waals surface area contributed by atoms with E-state index < -0.39 is 0 Å². The third-order valence-corrected chi connectivity index (χ3v) is 3.86. The number of benzene rings is 2. The molecule has 102 valence electrons. The molecule has 0 spiro atoms. The molecule has 0 aromatic heterocycles. The summed E-state index contributed by atoms with van der Waals surface area (Å²) in [5.74, 6) is -0.736. The Kier molecular flexibility index (Phi) is 5.13. The highest BCUT2D eigenvalue weighted by Gasteiger charge is 2.11. The molecular weight excluding hydrogens is 435 g/mol. The van der Waals surface area contributed by atoms with Gasteiger partial charge in [0.25, 0.3) is 11.8 Å². The first-order chi connectivity index (χ1) is 9.58. The lowest BCUT2D eigenvalue weighted by atomic mass is 10.2. The molecule has 2 aromatic carbocycles. The summed E-state index contributed by atoms with van der Waals surface area (Å²) in [4.78, 5) is 23.8. The van der Waals surface area contributed by atoms with E-state index in [1.807, 2.05) is 12.1 Å². The average Bonchev–Trinajstić information content (AvgIpc) is 2.45. The number of amides is 2. The smallest absolute Gasteiger partial charge is 0.267 e. The molecule has 0 radical (unpaired) electrons. The van der Waals surface area contributed by atoms with Crippen LogP contribution >= 0.6 is 38.5 Å². The standard InChI is InChI=1S/C14H10BrIN2O2/c15-12-7-2-1-6-11(12)14(20)18-17-13(19)9-4-3-5-10(16)8-9/h1-8H,(H,17,19)(H,18,20). The van der Waals surface area contributed by atoms with Crippen molar-refractivity contribution in [3.63, 3.8) is 0 Å². The largest absolute Gasteiger partial charge is 0.270 e. The fourth-order valence-corrected chi connectivity index (χ4v) is 2.54. The minimum atomic E-state index is -0.378. The van der Waals surface area contributed by atoms with Gasteiger partial charge in [0.15, 0.2) is 0 Å². The summed E-state index contributed by atoms with van der Waals surface area (Å²) in [7, 11) is 0. The zero-order valence-electron chi connectivity index (χ0n) is 10.2. The molecule has 0 aliphatic carbocycles. The van der Waals surface area contributed by atoms with Crippen LogP contribution in [0.5, 0.6) is 0 Å². The second-order valence-corrected chi connectivity index (χ2v) is 6.00. The summed E-state index contributed by atoms with van der Waals surface area (Å²) in [5, 5.41) is 0. The van der Waals surface area contributed by atoms with Crippen LogP contribution in [0.4, 0.5) is 0 Å². The Bertz CT molecular complexity index is 661. The molecule has 0 heterocycles. The molecule has 20 heavy (non-hydrogen) atoms. The molecule has 0 saturated carbocycles. The van der Waals surface area contributed by atoms with E-state index in [0.717, 1.165) is 3.57 Å². The van der Waals surface area contributed by atoms with E-state index in [1.54, 1.807) is 36.4 Å². The highest BCUT2D eigenvalue weighted by molar-refractivity contribution is 14.1. The van der Waals surface area contributed by atoms with Gasteiger partial charge in [-0.3, -0.25) is 20.4 Å². The normalized spacial score (nSPS) is 9.90. The first kappa shape index (κ1) is 15.0. The number of carbonyl (C=O) groups is 2. The SMILES string of the molecule is O=C(NNC(=O)c1ccccc1Br)c1cccc(I)c1. The van der Waals surface area contributed by atoms with Crippen LogP contribution in [0.3, 0.4) is 0 Å². The Balaban J connectivity index is 2.01. The summed E-state index contributed by atoms with van der Waals surface area (Å²) in [6, 6.07) is 14.1. The Hall–Kier alpha value is -1.41. The fourth-order valence-electron chi connectivity index (χ4n) is 1.53.